The van der Waals surface area contributed by atoms with E-state index in [0.717, 1.165) is 22.4 Å². The van der Waals surface area contributed by atoms with Crippen molar-refractivity contribution >= 4 is 15.9 Å². The highest BCUT2D eigenvalue weighted by atomic mass is 79.9. The number of hydrogen-bond acceptors (Lipinski definition) is 2. The molecule has 1 unspecified atom stereocenters. The third-order valence-electron chi connectivity index (χ3n) is 2.96. The first kappa shape index (κ1) is 10.1. The topological polar surface area (TPSA) is 29.9 Å². The van der Waals surface area contributed by atoms with Gasteiger partial charge in [-0.3, -0.25) is 0 Å². The highest BCUT2D eigenvalue weighted by Crippen LogP contribution is 2.25. The van der Waals surface area contributed by atoms with Crippen LogP contribution in [-0.4, -0.2) is 9.78 Å². The fourth-order valence-corrected chi connectivity index (χ4v) is 2.27. The molecular weight excluding hydrogens is 266 g/mol. The quantitative estimate of drug-likeness (QED) is 0.869. The number of nitrogens with zero attached hydrogens (tertiary/aromatic N) is 2. The number of hydrogen-bond donors (Lipinski definition) is 1. The standard InChI is InChI=1S/C12H12BrN3/c1-8-11-7-16(15-12(11)6-14-8)10-4-2-9(13)3-5-10/h2-5,7-8,14H,6H2,1H3. The smallest absolute Gasteiger partial charge is 0.0814 e. The highest BCUT2D eigenvalue weighted by molar-refractivity contribution is 9.10. The number of benzene rings is 1. The van der Waals surface area contributed by atoms with Gasteiger partial charge in [-0.2, -0.15) is 5.10 Å². The van der Waals surface area contributed by atoms with Gasteiger partial charge in [0.05, 0.1) is 11.4 Å². The summed E-state index contributed by atoms with van der Waals surface area (Å²) in [5.41, 5.74) is 3.57. The Morgan fingerprint density at radius 1 is 1.38 bits per heavy atom. The monoisotopic (exact) mass is 277 g/mol. The molecule has 1 aromatic heterocycles. The van der Waals surface area contributed by atoms with E-state index >= 15 is 0 Å². The second kappa shape index (κ2) is 3.71. The van der Waals surface area contributed by atoms with Crippen molar-refractivity contribution in [2.75, 3.05) is 0 Å². The van der Waals surface area contributed by atoms with Crippen LogP contribution in [0.4, 0.5) is 0 Å². The van der Waals surface area contributed by atoms with Gasteiger partial charge in [0.25, 0.3) is 0 Å². The molecule has 0 radical (unpaired) electrons. The number of aromatic nitrogens is 2. The Balaban J connectivity index is 2.02. The average molecular weight is 278 g/mol. The lowest BCUT2D eigenvalue weighted by atomic mass is 10.2. The first-order chi connectivity index (χ1) is 7.74. The number of halogens is 1. The molecule has 0 saturated heterocycles. The van der Waals surface area contributed by atoms with Gasteiger partial charge in [0.2, 0.25) is 0 Å². The second-order valence-corrected chi connectivity index (χ2v) is 4.97. The van der Waals surface area contributed by atoms with Gasteiger partial charge >= 0.3 is 0 Å². The summed E-state index contributed by atoms with van der Waals surface area (Å²) in [5.74, 6) is 0. The van der Waals surface area contributed by atoms with Crippen molar-refractivity contribution in [3.63, 3.8) is 0 Å². The molecule has 3 rings (SSSR count). The molecule has 0 spiro atoms. The third kappa shape index (κ3) is 1.58. The largest absolute Gasteiger partial charge is 0.304 e. The average Bonchev–Trinajstić information content (AvgIpc) is 2.83. The summed E-state index contributed by atoms with van der Waals surface area (Å²) in [7, 11) is 0. The molecule has 0 bridgehead atoms. The molecule has 16 heavy (non-hydrogen) atoms. The molecule has 2 heterocycles. The van der Waals surface area contributed by atoms with Crippen molar-refractivity contribution in [3.05, 3.63) is 46.2 Å². The summed E-state index contributed by atoms with van der Waals surface area (Å²) in [6.45, 7) is 3.04. The zero-order valence-corrected chi connectivity index (χ0v) is 10.5. The fraction of sp³-hybridized carbons (Fsp3) is 0.250. The first-order valence-electron chi connectivity index (χ1n) is 5.32. The maximum absolute atomic E-state index is 4.58. The van der Waals surface area contributed by atoms with Crippen LogP contribution in [0.3, 0.4) is 0 Å². The van der Waals surface area contributed by atoms with E-state index in [9.17, 15) is 0 Å². The van der Waals surface area contributed by atoms with Gasteiger partial charge in [-0.15, -0.1) is 0 Å². The third-order valence-corrected chi connectivity index (χ3v) is 3.49. The van der Waals surface area contributed by atoms with E-state index in [0.29, 0.717) is 6.04 Å². The van der Waals surface area contributed by atoms with E-state index in [2.05, 4.69) is 51.6 Å². The van der Waals surface area contributed by atoms with Gasteiger partial charge in [0.15, 0.2) is 0 Å². The van der Waals surface area contributed by atoms with E-state index in [1.54, 1.807) is 0 Å². The minimum atomic E-state index is 0.416. The maximum Gasteiger partial charge on any atom is 0.0814 e. The van der Waals surface area contributed by atoms with Crippen molar-refractivity contribution in [3.8, 4) is 5.69 Å². The summed E-state index contributed by atoms with van der Waals surface area (Å²) >= 11 is 3.43. The van der Waals surface area contributed by atoms with Crippen molar-refractivity contribution in [2.45, 2.75) is 19.5 Å². The Bertz CT molecular complexity index is 516. The zero-order valence-electron chi connectivity index (χ0n) is 8.94. The normalized spacial score (nSPS) is 18.8. The van der Waals surface area contributed by atoms with Crippen LogP contribution in [-0.2, 0) is 6.54 Å². The molecule has 1 aliphatic heterocycles. The zero-order chi connectivity index (χ0) is 11.1. The van der Waals surface area contributed by atoms with Gasteiger partial charge < -0.3 is 5.32 Å². The van der Waals surface area contributed by atoms with Crippen LogP contribution in [0.2, 0.25) is 0 Å². The molecule has 2 aromatic rings. The van der Waals surface area contributed by atoms with Gasteiger partial charge in [-0.25, -0.2) is 4.68 Å². The molecule has 0 saturated carbocycles. The minimum Gasteiger partial charge on any atom is -0.304 e. The van der Waals surface area contributed by atoms with Crippen LogP contribution >= 0.6 is 15.9 Å². The summed E-state index contributed by atoms with van der Waals surface area (Å²) in [4.78, 5) is 0. The SMILES string of the molecule is CC1NCc2nn(-c3ccc(Br)cc3)cc21. The minimum absolute atomic E-state index is 0.416. The maximum atomic E-state index is 4.58. The van der Waals surface area contributed by atoms with E-state index in [-0.39, 0.29) is 0 Å². The van der Waals surface area contributed by atoms with Crippen molar-refractivity contribution in [1.29, 1.82) is 0 Å². The van der Waals surface area contributed by atoms with Gasteiger partial charge in [-0.1, -0.05) is 15.9 Å². The number of rotatable bonds is 1. The Hall–Kier alpha value is -1.13. The second-order valence-electron chi connectivity index (χ2n) is 4.05. The van der Waals surface area contributed by atoms with Crippen molar-refractivity contribution in [1.82, 2.24) is 15.1 Å². The fourth-order valence-electron chi connectivity index (χ4n) is 2.01. The van der Waals surface area contributed by atoms with E-state index in [1.165, 1.54) is 5.56 Å². The van der Waals surface area contributed by atoms with Crippen molar-refractivity contribution in [2.24, 2.45) is 0 Å². The molecule has 0 fully saturated rings. The Morgan fingerprint density at radius 2 is 2.12 bits per heavy atom. The highest BCUT2D eigenvalue weighted by Gasteiger charge is 2.21. The first-order valence-corrected chi connectivity index (χ1v) is 6.11. The van der Waals surface area contributed by atoms with Crippen LogP contribution in [0.15, 0.2) is 34.9 Å². The number of fused-ring (bicyclic) bond motifs is 1. The molecule has 1 aromatic carbocycles. The molecule has 0 aliphatic carbocycles. The molecule has 0 amide bonds. The predicted octanol–water partition coefficient (Wildman–Crippen LogP) is 2.80. The van der Waals surface area contributed by atoms with Crippen LogP contribution in [0.25, 0.3) is 5.69 Å². The van der Waals surface area contributed by atoms with Gasteiger partial charge in [0.1, 0.15) is 0 Å². The van der Waals surface area contributed by atoms with Crippen LogP contribution in [0.1, 0.15) is 24.2 Å². The van der Waals surface area contributed by atoms with E-state index in [4.69, 9.17) is 0 Å². The Labute approximate surface area is 103 Å². The lowest BCUT2D eigenvalue weighted by Crippen LogP contribution is -2.09. The predicted molar refractivity (Wildman–Crippen MR) is 66.5 cm³/mol. The lowest BCUT2D eigenvalue weighted by Gasteiger charge is -2.04. The molecule has 1 aliphatic rings. The molecule has 3 nitrogen and oxygen atoms in total. The Morgan fingerprint density at radius 3 is 2.81 bits per heavy atom. The van der Waals surface area contributed by atoms with Crippen LogP contribution < -0.4 is 5.32 Å². The molecule has 1 atom stereocenters. The molecule has 1 N–H and O–H groups in total. The summed E-state index contributed by atoms with van der Waals surface area (Å²) in [6.07, 6.45) is 2.11. The summed E-state index contributed by atoms with van der Waals surface area (Å²) in [5, 5.41) is 7.95. The summed E-state index contributed by atoms with van der Waals surface area (Å²) < 4.78 is 3.04. The Kier molecular flexibility index (Phi) is 2.33. The lowest BCUT2D eigenvalue weighted by molar-refractivity contribution is 0.617. The van der Waals surface area contributed by atoms with Crippen molar-refractivity contribution < 1.29 is 0 Å². The molecular formula is C12H12BrN3. The van der Waals surface area contributed by atoms with Crippen LogP contribution in [0.5, 0.6) is 0 Å². The van der Waals surface area contributed by atoms with Crippen LogP contribution in [0, 0.1) is 0 Å². The number of nitrogens with one attached hydrogen (secondary N) is 1. The van der Waals surface area contributed by atoms with E-state index < -0.39 is 0 Å². The van der Waals surface area contributed by atoms with Gasteiger partial charge in [-0.05, 0) is 31.2 Å². The van der Waals surface area contributed by atoms with E-state index in [1.807, 2.05) is 16.8 Å². The summed E-state index contributed by atoms with van der Waals surface area (Å²) in [6, 6.07) is 8.60. The molecule has 4 heteroatoms. The molecule has 82 valence electrons. The van der Waals surface area contributed by atoms with Gasteiger partial charge in [0, 0.05) is 28.8 Å².